The number of amidine groups is 1. The van der Waals surface area contributed by atoms with Gasteiger partial charge in [-0.2, -0.15) is 0 Å². The molecule has 0 spiro atoms. The molecule has 0 saturated carbocycles. The molecule has 7 nitrogen and oxygen atoms in total. The SMILES string of the molecule is CC.COCCN1CCN/C(=C\C(N)=Nc2cc(Br)cn(C)c2=O)C1. The average Bonchev–Trinajstić information content (AvgIpc) is 2.59. The third-order valence-corrected chi connectivity index (χ3v) is 3.92. The highest BCUT2D eigenvalue weighted by molar-refractivity contribution is 9.10. The van der Waals surface area contributed by atoms with Crippen molar-refractivity contribution >= 4 is 27.5 Å². The van der Waals surface area contributed by atoms with Gasteiger partial charge in [0, 0.05) is 62.8 Å². The van der Waals surface area contributed by atoms with Gasteiger partial charge in [-0.25, -0.2) is 4.99 Å². The lowest BCUT2D eigenvalue weighted by Gasteiger charge is -2.29. The smallest absolute Gasteiger partial charge is 0.276 e. The van der Waals surface area contributed by atoms with Crippen LogP contribution in [0.2, 0.25) is 0 Å². The maximum absolute atomic E-state index is 12.0. The van der Waals surface area contributed by atoms with E-state index >= 15 is 0 Å². The number of pyridine rings is 1. The summed E-state index contributed by atoms with van der Waals surface area (Å²) in [5.41, 5.74) is 7.09. The van der Waals surface area contributed by atoms with Crippen molar-refractivity contribution in [3.8, 4) is 0 Å². The van der Waals surface area contributed by atoms with Crippen molar-refractivity contribution in [2.24, 2.45) is 17.8 Å². The lowest BCUT2D eigenvalue weighted by Crippen LogP contribution is -2.43. The zero-order chi connectivity index (χ0) is 18.8. The van der Waals surface area contributed by atoms with E-state index in [1.165, 1.54) is 4.57 Å². The Morgan fingerprint density at radius 2 is 2.24 bits per heavy atom. The van der Waals surface area contributed by atoms with E-state index in [-0.39, 0.29) is 5.56 Å². The lowest BCUT2D eigenvalue weighted by atomic mass is 10.2. The van der Waals surface area contributed by atoms with Gasteiger partial charge < -0.3 is 20.4 Å². The molecule has 0 atom stereocenters. The van der Waals surface area contributed by atoms with Crippen LogP contribution in [0.15, 0.2) is 38.3 Å². The number of aliphatic imine (C=N–C) groups is 1. The highest BCUT2D eigenvalue weighted by Gasteiger charge is 2.13. The Hall–Kier alpha value is -1.64. The number of nitrogens with one attached hydrogen (secondary N) is 1. The number of rotatable bonds is 5. The summed E-state index contributed by atoms with van der Waals surface area (Å²) in [5, 5.41) is 3.30. The minimum atomic E-state index is -0.187. The molecule has 140 valence electrons. The number of hydrogen-bond donors (Lipinski definition) is 2. The summed E-state index contributed by atoms with van der Waals surface area (Å²) in [6.45, 7) is 8.14. The van der Waals surface area contributed by atoms with E-state index in [9.17, 15) is 4.79 Å². The molecule has 0 aromatic carbocycles. The predicted octanol–water partition coefficient (Wildman–Crippen LogP) is 1.60. The number of halogens is 1. The first-order chi connectivity index (χ1) is 12.0. The standard InChI is InChI=1S/C15H22BrN5O2.C2H6/c1-20-9-11(16)7-13(15(20)22)19-14(17)8-12-10-21(4-3-18-12)5-6-23-2;1-2/h7-9,18H,3-6,10H2,1-2H3,(H2,17,19);1-2H3/b12-8-;. The summed E-state index contributed by atoms with van der Waals surface area (Å²) in [5.74, 6) is 0.302. The van der Waals surface area contributed by atoms with Crippen LogP contribution in [0.5, 0.6) is 0 Å². The molecule has 8 heteroatoms. The molecule has 0 amide bonds. The normalized spacial score (nSPS) is 17.0. The first-order valence-corrected chi connectivity index (χ1v) is 9.15. The quantitative estimate of drug-likeness (QED) is 0.565. The van der Waals surface area contributed by atoms with Gasteiger partial charge in [0.2, 0.25) is 0 Å². The Kier molecular flexibility index (Phi) is 9.48. The van der Waals surface area contributed by atoms with Crippen LogP contribution in [0.1, 0.15) is 13.8 Å². The predicted molar refractivity (Wildman–Crippen MR) is 106 cm³/mol. The molecule has 0 bridgehead atoms. The molecule has 1 aromatic heterocycles. The van der Waals surface area contributed by atoms with E-state index in [1.807, 2.05) is 13.8 Å². The molecule has 1 aromatic rings. The number of piperazine rings is 1. The minimum Gasteiger partial charge on any atom is -0.386 e. The summed E-state index contributed by atoms with van der Waals surface area (Å²) in [6.07, 6.45) is 3.46. The minimum absolute atomic E-state index is 0.187. The van der Waals surface area contributed by atoms with E-state index in [0.29, 0.717) is 18.1 Å². The molecule has 3 N–H and O–H groups in total. The molecule has 0 unspecified atom stereocenters. The molecule has 1 fully saturated rings. The van der Waals surface area contributed by atoms with Crippen molar-refractivity contribution in [3.05, 3.63) is 38.9 Å². The Morgan fingerprint density at radius 1 is 1.52 bits per heavy atom. The van der Waals surface area contributed by atoms with E-state index in [0.717, 1.165) is 36.3 Å². The van der Waals surface area contributed by atoms with Gasteiger partial charge >= 0.3 is 0 Å². The van der Waals surface area contributed by atoms with Crippen LogP contribution in [0.4, 0.5) is 5.69 Å². The van der Waals surface area contributed by atoms with Gasteiger partial charge in [0.15, 0.2) is 0 Å². The van der Waals surface area contributed by atoms with E-state index in [2.05, 4.69) is 31.1 Å². The second-order valence-electron chi connectivity index (χ2n) is 5.36. The Morgan fingerprint density at radius 3 is 2.92 bits per heavy atom. The van der Waals surface area contributed by atoms with E-state index < -0.39 is 0 Å². The highest BCUT2D eigenvalue weighted by Crippen LogP contribution is 2.14. The van der Waals surface area contributed by atoms with Crippen LogP contribution in [-0.2, 0) is 11.8 Å². The monoisotopic (exact) mass is 413 g/mol. The van der Waals surface area contributed by atoms with E-state index in [1.54, 1.807) is 32.5 Å². The van der Waals surface area contributed by atoms with Crippen LogP contribution in [0.25, 0.3) is 0 Å². The molecule has 2 heterocycles. The topological polar surface area (TPSA) is 84.9 Å². The van der Waals surface area contributed by atoms with Crippen LogP contribution in [0, 0.1) is 0 Å². The number of methoxy groups -OCH3 is 1. The van der Waals surface area contributed by atoms with Crippen LogP contribution >= 0.6 is 15.9 Å². The molecule has 0 aliphatic carbocycles. The molecular formula is C17H28BrN5O2. The fraction of sp³-hybridized carbons (Fsp3) is 0.529. The van der Waals surface area contributed by atoms with Crippen molar-refractivity contribution in [1.29, 1.82) is 0 Å². The van der Waals surface area contributed by atoms with Gasteiger partial charge in [0.05, 0.1) is 6.61 Å². The number of nitrogens with two attached hydrogens (primary N) is 1. The lowest BCUT2D eigenvalue weighted by molar-refractivity contribution is 0.147. The van der Waals surface area contributed by atoms with Gasteiger partial charge in [-0.1, -0.05) is 13.8 Å². The van der Waals surface area contributed by atoms with Crippen molar-refractivity contribution < 1.29 is 4.74 Å². The van der Waals surface area contributed by atoms with Gasteiger partial charge in [0.25, 0.3) is 5.56 Å². The second-order valence-corrected chi connectivity index (χ2v) is 6.28. The van der Waals surface area contributed by atoms with Crippen molar-refractivity contribution in [1.82, 2.24) is 14.8 Å². The summed E-state index contributed by atoms with van der Waals surface area (Å²) < 4.78 is 7.35. The summed E-state index contributed by atoms with van der Waals surface area (Å²) in [4.78, 5) is 18.5. The number of aryl methyl sites for hydroxylation is 1. The number of hydrogen-bond acceptors (Lipinski definition) is 5. The Labute approximate surface area is 157 Å². The van der Waals surface area contributed by atoms with Gasteiger partial charge in [-0.3, -0.25) is 9.69 Å². The Bertz CT molecular complexity index is 669. The molecule has 2 rings (SSSR count). The van der Waals surface area contributed by atoms with Crippen molar-refractivity contribution in [3.63, 3.8) is 0 Å². The Balaban J connectivity index is 0.00000151. The summed E-state index contributed by atoms with van der Waals surface area (Å²) in [7, 11) is 3.37. The first-order valence-electron chi connectivity index (χ1n) is 8.35. The van der Waals surface area contributed by atoms with Gasteiger partial charge in [0.1, 0.15) is 11.5 Å². The summed E-state index contributed by atoms with van der Waals surface area (Å²) in [6, 6.07) is 1.66. The van der Waals surface area contributed by atoms with Crippen LogP contribution < -0.4 is 16.6 Å². The van der Waals surface area contributed by atoms with Crippen molar-refractivity contribution in [2.75, 3.05) is 39.9 Å². The second kappa shape index (κ2) is 11.1. The fourth-order valence-electron chi connectivity index (χ4n) is 2.34. The van der Waals surface area contributed by atoms with Crippen molar-refractivity contribution in [2.45, 2.75) is 13.8 Å². The highest BCUT2D eigenvalue weighted by atomic mass is 79.9. The zero-order valence-electron chi connectivity index (χ0n) is 15.4. The molecule has 25 heavy (non-hydrogen) atoms. The zero-order valence-corrected chi connectivity index (χ0v) is 17.0. The molecule has 1 saturated heterocycles. The molecular weight excluding hydrogens is 386 g/mol. The average molecular weight is 414 g/mol. The molecule has 1 aliphatic rings. The number of ether oxygens (including phenoxy) is 1. The van der Waals surface area contributed by atoms with E-state index in [4.69, 9.17) is 10.5 Å². The third-order valence-electron chi connectivity index (χ3n) is 3.49. The molecule has 0 radical (unpaired) electrons. The molecule has 1 aliphatic heterocycles. The number of nitrogens with zero attached hydrogens (tertiary/aromatic N) is 3. The van der Waals surface area contributed by atoms with Gasteiger partial charge in [-0.15, -0.1) is 0 Å². The van der Waals surface area contributed by atoms with Gasteiger partial charge in [-0.05, 0) is 22.0 Å². The fourth-order valence-corrected chi connectivity index (χ4v) is 2.87. The summed E-state index contributed by atoms with van der Waals surface area (Å²) >= 11 is 3.35. The largest absolute Gasteiger partial charge is 0.386 e. The number of aromatic nitrogens is 1. The van der Waals surface area contributed by atoms with Crippen LogP contribution in [-0.4, -0.2) is 55.2 Å². The third kappa shape index (κ3) is 7.01. The van der Waals surface area contributed by atoms with Crippen LogP contribution in [0.3, 0.4) is 0 Å². The maximum Gasteiger partial charge on any atom is 0.276 e. The first kappa shape index (κ1) is 21.4. The maximum atomic E-state index is 12.0.